The maximum absolute atomic E-state index is 5.96. The third kappa shape index (κ3) is 3.47. The maximum Gasteiger partial charge on any atom is 0.0118 e. The van der Waals surface area contributed by atoms with Gasteiger partial charge in [0.1, 0.15) is 0 Å². The quantitative estimate of drug-likeness (QED) is 0.213. The summed E-state index contributed by atoms with van der Waals surface area (Å²) in [5, 5.41) is 0. The first-order valence-corrected chi connectivity index (χ1v) is 8.87. The molecule has 0 fully saturated rings. The first-order valence-electron chi connectivity index (χ1n) is 8.87. The Bertz CT molecular complexity index is 1050. The predicted octanol–water partition coefficient (Wildman–Crippen LogP) is 3.03. The molecule has 0 saturated carbocycles. The molecule has 29 heavy (non-hydrogen) atoms. The Morgan fingerprint density at radius 2 is 1.24 bits per heavy atom. The summed E-state index contributed by atoms with van der Waals surface area (Å²) in [4.78, 5) is 0. The third-order valence-electron chi connectivity index (χ3n) is 5.37. The average molecular weight is 610 g/mol. The van der Waals surface area contributed by atoms with E-state index in [1.807, 2.05) is 30.3 Å². The second-order valence-electron chi connectivity index (χ2n) is 6.84. The molecule has 132 valence electrons. The molecule has 4 heteroatoms. The average Bonchev–Trinajstić information content (AvgIpc) is 3.01. The van der Waals surface area contributed by atoms with Crippen LogP contribution in [0.4, 0.5) is 0 Å². The monoisotopic (exact) mass is 611 g/mol. The van der Waals surface area contributed by atoms with Crippen molar-refractivity contribution in [2.75, 3.05) is 0 Å². The zero-order valence-electron chi connectivity index (χ0n) is 15.6. The Labute approximate surface area is 213 Å². The predicted molar refractivity (Wildman–Crippen MR) is 111 cm³/mol. The third-order valence-corrected chi connectivity index (χ3v) is 5.37. The van der Waals surface area contributed by atoms with Crippen LogP contribution < -0.4 is 10.9 Å². The fourth-order valence-electron chi connectivity index (χ4n) is 4.24. The van der Waals surface area contributed by atoms with Gasteiger partial charge in [0.2, 0.25) is 0 Å². The zero-order chi connectivity index (χ0) is 18.4. The van der Waals surface area contributed by atoms with E-state index >= 15 is 0 Å². The summed E-state index contributed by atoms with van der Waals surface area (Å²) in [5.74, 6) is 0. The Balaban J connectivity index is 0.00000120. The smallest absolute Gasteiger partial charge is 0.0118 e. The molecule has 0 heterocycles. The van der Waals surface area contributed by atoms with E-state index in [1.54, 1.807) is 0 Å². The minimum absolute atomic E-state index is 0. The van der Waals surface area contributed by atoms with Crippen LogP contribution in [0.25, 0.3) is 11.1 Å². The van der Waals surface area contributed by atoms with Crippen molar-refractivity contribution in [1.82, 2.24) is 0 Å². The van der Waals surface area contributed by atoms with Crippen LogP contribution in [0.1, 0.15) is 22.3 Å². The van der Waals surface area contributed by atoms with E-state index in [9.17, 15) is 0 Å². The van der Waals surface area contributed by atoms with Crippen LogP contribution in [-0.4, -0.2) is 15.7 Å². The van der Waals surface area contributed by atoms with Crippen molar-refractivity contribution in [3.05, 3.63) is 119 Å². The SMILES string of the molecule is [B]c1c[c-]c(C2(c3[c-]cc([B])cc3)c3cc[c-]cc3-c3ccccc32)cc1.[Re].[Y]. The Morgan fingerprint density at radius 1 is 0.655 bits per heavy atom. The topological polar surface area (TPSA) is 0 Å². The van der Waals surface area contributed by atoms with Crippen molar-refractivity contribution in [3.63, 3.8) is 0 Å². The largest absolute Gasteiger partial charge is 0.197 e. The number of benzene rings is 4. The maximum atomic E-state index is 5.96. The second kappa shape index (κ2) is 8.87. The fourth-order valence-corrected chi connectivity index (χ4v) is 4.24. The summed E-state index contributed by atoms with van der Waals surface area (Å²) in [6, 6.07) is 36.4. The van der Waals surface area contributed by atoms with Crippen molar-refractivity contribution in [2.45, 2.75) is 5.41 Å². The van der Waals surface area contributed by atoms with Crippen molar-refractivity contribution in [3.8, 4) is 11.1 Å². The molecule has 0 amide bonds. The Morgan fingerprint density at radius 3 is 1.83 bits per heavy atom. The number of hydrogen-bond donors (Lipinski definition) is 0. The van der Waals surface area contributed by atoms with Gasteiger partial charge in [-0.1, -0.05) is 29.8 Å². The molecule has 4 aromatic carbocycles. The van der Waals surface area contributed by atoms with Gasteiger partial charge in [-0.3, -0.25) is 0 Å². The molecule has 0 saturated heterocycles. The van der Waals surface area contributed by atoms with Crippen LogP contribution in [0.5, 0.6) is 0 Å². The van der Waals surface area contributed by atoms with E-state index in [1.165, 1.54) is 22.3 Å². The van der Waals surface area contributed by atoms with Crippen LogP contribution in [0.15, 0.2) is 78.9 Å². The minimum atomic E-state index is -0.511. The number of rotatable bonds is 2. The molecule has 0 N–H and O–H groups in total. The van der Waals surface area contributed by atoms with E-state index in [2.05, 4.69) is 66.7 Å². The normalized spacial score (nSPS) is 12.8. The molecular formula is C25H13B2ReY-3. The molecular weight excluding hydrogens is 597 g/mol. The van der Waals surface area contributed by atoms with Gasteiger partial charge in [-0.15, -0.1) is 22.3 Å². The number of fused-ring (bicyclic) bond motifs is 3. The van der Waals surface area contributed by atoms with Crippen molar-refractivity contribution in [2.24, 2.45) is 0 Å². The van der Waals surface area contributed by atoms with E-state index < -0.39 is 5.41 Å². The van der Waals surface area contributed by atoms with Gasteiger partial charge in [0.05, 0.1) is 0 Å². The molecule has 1 aliphatic carbocycles. The van der Waals surface area contributed by atoms with Gasteiger partial charge in [-0.25, -0.2) is 0 Å². The Kier molecular flexibility index (Phi) is 6.87. The standard InChI is InChI=1S/C25H13B2.Re.Y/c26-19-13-9-17(10-14-19)25(18-11-15-20(27)16-12-18)23-7-3-1-5-21(23)22-6-2-4-8-24(22)25;;/h1,3-9,11,13-16H;;/q-3;;. The van der Waals surface area contributed by atoms with E-state index in [0.29, 0.717) is 10.9 Å². The van der Waals surface area contributed by atoms with Crippen LogP contribution in [0.3, 0.4) is 0 Å². The van der Waals surface area contributed by atoms with Crippen LogP contribution >= 0.6 is 0 Å². The molecule has 0 atom stereocenters. The van der Waals surface area contributed by atoms with Crippen molar-refractivity contribution >= 4 is 26.6 Å². The molecule has 4 aromatic rings. The van der Waals surface area contributed by atoms with Gasteiger partial charge in [-0.05, 0) is 5.56 Å². The molecule has 0 bridgehead atoms. The summed E-state index contributed by atoms with van der Waals surface area (Å²) in [6.45, 7) is 0. The zero-order valence-corrected chi connectivity index (χ0v) is 21.2. The molecule has 0 aliphatic heterocycles. The first kappa shape index (κ1) is 22.5. The van der Waals surface area contributed by atoms with E-state index in [0.717, 1.165) is 11.1 Å². The molecule has 0 unspecified atom stereocenters. The molecule has 5 rings (SSSR count). The molecule has 0 aromatic heterocycles. The molecule has 6 radical (unpaired) electrons. The van der Waals surface area contributed by atoms with Crippen molar-refractivity contribution in [1.29, 1.82) is 0 Å². The van der Waals surface area contributed by atoms with Gasteiger partial charge >= 0.3 is 0 Å². The van der Waals surface area contributed by atoms with Crippen LogP contribution in [0, 0.1) is 18.2 Å². The second-order valence-corrected chi connectivity index (χ2v) is 6.84. The summed E-state index contributed by atoms with van der Waals surface area (Å²) >= 11 is 0. The summed E-state index contributed by atoms with van der Waals surface area (Å²) in [6.07, 6.45) is 0. The van der Waals surface area contributed by atoms with Crippen LogP contribution in [-0.2, 0) is 58.5 Å². The van der Waals surface area contributed by atoms with Gasteiger partial charge in [0.15, 0.2) is 0 Å². The molecule has 1 aliphatic rings. The molecule has 0 spiro atoms. The van der Waals surface area contributed by atoms with Gasteiger partial charge in [0.25, 0.3) is 0 Å². The summed E-state index contributed by atoms with van der Waals surface area (Å²) in [7, 11) is 11.9. The van der Waals surface area contributed by atoms with Crippen molar-refractivity contribution < 1.29 is 53.1 Å². The minimum Gasteiger partial charge on any atom is -0.197 e. The fraction of sp³-hybridized carbons (Fsp3) is 0.0400. The van der Waals surface area contributed by atoms with E-state index in [4.69, 9.17) is 15.7 Å². The van der Waals surface area contributed by atoms with Gasteiger partial charge in [-0.2, -0.15) is 83.7 Å². The summed E-state index contributed by atoms with van der Waals surface area (Å²) < 4.78 is 0. The van der Waals surface area contributed by atoms with Gasteiger partial charge < -0.3 is 0 Å². The molecule has 0 nitrogen and oxygen atoms in total. The van der Waals surface area contributed by atoms with E-state index in [-0.39, 0.29) is 53.1 Å². The van der Waals surface area contributed by atoms with Crippen LogP contribution in [0.2, 0.25) is 0 Å². The Hall–Kier alpha value is -1.22. The summed E-state index contributed by atoms with van der Waals surface area (Å²) in [5.41, 5.74) is 7.76. The first-order chi connectivity index (χ1) is 13.2. The van der Waals surface area contributed by atoms with Gasteiger partial charge in [0, 0.05) is 74.2 Å². The number of hydrogen-bond acceptors (Lipinski definition) is 0.